The topological polar surface area (TPSA) is 98.2 Å². The van der Waals surface area contributed by atoms with E-state index >= 15 is 0 Å². The molecule has 0 saturated carbocycles. The molecular weight excluding hydrogens is 318 g/mol. The first-order valence-electron chi connectivity index (χ1n) is 5.61. The summed E-state index contributed by atoms with van der Waals surface area (Å²) in [6.45, 7) is 0. The highest BCUT2D eigenvalue weighted by Gasteiger charge is 2.16. The van der Waals surface area contributed by atoms with Gasteiger partial charge in [-0.15, -0.1) is 0 Å². The molecule has 7 nitrogen and oxygen atoms in total. The van der Waals surface area contributed by atoms with Gasteiger partial charge in [0.25, 0.3) is 10.0 Å². The highest BCUT2D eigenvalue weighted by molar-refractivity contribution is 7.92. The summed E-state index contributed by atoms with van der Waals surface area (Å²) < 4.78 is 31.1. The second-order valence-corrected chi connectivity index (χ2v) is 5.92. The molecule has 110 valence electrons. The summed E-state index contributed by atoms with van der Waals surface area (Å²) in [5.41, 5.74) is 0.251. The Morgan fingerprint density at radius 1 is 1.24 bits per heavy atom. The Bertz CT molecular complexity index is 762. The average molecular weight is 328 g/mol. The Balaban J connectivity index is 2.25. The van der Waals surface area contributed by atoms with Crippen molar-refractivity contribution in [3.8, 4) is 0 Å². The summed E-state index contributed by atoms with van der Waals surface area (Å²) >= 11 is 5.65. The van der Waals surface area contributed by atoms with Crippen molar-refractivity contribution in [3.05, 3.63) is 47.4 Å². The molecule has 0 atom stereocenters. The number of nitrogens with one attached hydrogen (secondary N) is 1. The minimum Gasteiger partial charge on any atom is -0.465 e. The van der Waals surface area contributed by atoms with Crippen LogP contribution < -0.4 is 4.72 Å². The number of hydrogen-bond acceptors (Lipinski definition) is 6. The van der Waals surface area contributed by atoms with Crippen LogP contribution in [-0.4, -0.2) is 31.5 Å². The highest BCUT2D eigenvalue weighted by atomic mass is 35.5. The first-order valence-corrected chi connectivity index (χ1v) is 7.47. The van der Waals surface area contributed by atoms with Crippen molar-refractivity contribution in [1.82, 2.24) is 9.97 Å². The summed E-state index contributed by atoms with van der Waals surface area (Å²) in [6, 6.07) is 6.57. The molecule has 2 rings (SSSR count). The molecule has 0 aliphatic rings. The second kappa shape index (κ2) is 6.06. The fourth-order valence-corrected chi connectivity index (χ4v) is 2.62. The summed E-state index contributed by atoms with van der Waals surface area (Å²) in [7, 11) is -2.59. The lowest BCUT2D eigenvalue weighted by atomic mass is 10.2. The van der Waals surface area contributed by atoms with Crippen molar-refractivity contribution in [3.63, 3.8) is 0 Å². The number of esters is 1. The van der Waals surface area contributed by atoms with Gasteiger partial charge in [0, 0.05) is 6.07 Å². The number of nitrogens with zero attached hydrogens (tertiary/aromatic N) is 2. The van der Waals surface area contributed by atoms with Gasteiger partial charge in [-0.1, -0.05) is 11.6 Å². The van der Waals surface area contributed by atoms with Crippen molar-refractivity contribution >= 4 is 33.4 Å². The molecule has 1 aromatic heterocycles. The van der Waals surface area contributed by atoms with E-state index in [2.05, 4.69) is 19.4 Å². The largest absolute Gasteiger partial charge is 0.465 e. The molecule has 0 amide bonds. The minimum atomic E-state index is -3.83. The standard InChI is InChI=1S/C12H10ClN3O4S/c1-20-12(17)8-2-4-9(5-3-8)21(18,19)16-11-6-10(13)14-7-15-11/h2-7H,1H3,(H,14,15,16). The summed E-state index contributed by atoms with van der Waals surface area (Å²) in [6.07, 6.45) is 1.14. The Labute approximate surface area is 126 Å². The molecule has 1 heterocycles. The number of methoxy groups -OCH3 is 1. The van der Waals surface area contributed by atoms with E-state index < -0.39 is 16.0 Å². The van der Waals surface area contributed by atoms with E-state index in [-0.39, 0.29) is 21.4 Å². The van der Waals surface area contributed by atoms with Crippen LogP contribution >= 0.6 is 11.6 Å². The molecule has 0 spiro atoms. The fraction of sp³-hybridized carbons (Fsp3) is 0.0833. The number of carbonyl (C=O) groups is 1. The third-order valence-electron chi connectivity index (χ3n) is 2.46. The Hall–Kier alpha value is -2.19. The Kier molecular flexibility index (Phi) is 4.39. The molecule has 21 heavy (non-hydrogen) atoms. The number of ether oxygens (including phenoxy) is 1. The van der Waals surface area contributed by atoms with Crippen LogP contribution in [0.3, 0.4) is 0 Å². The van der Waals surface area contributed by atoms with Crippen LogP contribution in [0.1, 0.15) is 10.4 Å². The fourth-order valence-electron chi connectivity index (χ4n) is 1.47. The number of anilines is 1. The predicted molar refractivity (Wildman–Crippen MR) is 75.6 cm³/mol. The van der Waals surface area contributed by atoms with Gasteiger partial charge in [0.15, 0.2) is 0 Å². The molecule has 9 heteroatoms. The number of benzene rings is 1. The molecule has 1 aromatic carbocycles. The quantitative estimate of drug-likeness (QED) is 0.678. The third kappa shape index (κ3) is 3.67. The molecule has 0 aliphatic carbocycles. The molecular formula is C12H10ClN3O4S. The van der Waals surface area contributed by atoms with E-state index in [1.165, 1.54) is 37.4 Å². The number of aromatic nitrogens is 2. The number of halogens is 1. The first kappa shape index (κ1) is 15.2. The number of sulfonamides is 1. The molecule has 1 N–H and O–H groups in total. The van der Waals surface area contributed by atoms with Crippen LogP contribution in [-0.2, 0) is 14.8 Å². The van der Waals surface area contributed by atoms with Gasteiger partial charge in [0.05, 0.1) is 17.6 Å². The lowest BCUT2D eigenvalue weighted by Crippen LogP contribution is -2.14. The molecule has 0 radical (unpaired) electrons. The van der Waals surface area contributed by atoms with Crippen LogP contribution in [0.15, 0.2) is 41.6 Å². The zero-order valence-electron chi connectivity index (χ0n) is 10.8. The van der Waals surface area contributed by atoms with Crippen LogP contribution in [0, 0.1) is 0 Å². The predicted octanol–water partition coefficient (Wildman–Crippen LogP) is 1.72. The summed E-state index contributed by atoms with van der Waals surface area (Å²) in [5.74, 6) is -0.499. The van der Waals surface area contributed by atoms with Crippen LogP contribution in [0.4, 0.5) is 5.82 Å². The normalized spacial score (nSPS) is 11.0. The number of rotatable bonds is 4. The highest BCUT2D eigenvalue weighted by Crippen LogP contribution is 2.16. The lowest BCUT2D eigenvalue weighted by molar-refractivity contribution is 0.0600. The van der Waals surface area contributed by atoms with E-state index in [4.69, 9.17) is 11.6 Å². The molecule has 0 bridgehead atoms. The van der Waals surface area contributed by atoms with Crippen molar-refractivity contribution < 1.29 is 17.9 Å². The van der Waals surface area contributed by atoms with E-state index in [1.54, 1.807) is 0 Å². The van der Waals surface area contributed by atoms with Gasteiger partial charge in [0.2, 0.25) is 0 Å². The van der Waals surface area contributed by atoms with E-state index in [0.29, 0.717) is 0 Å². The second-order valence-electron chi connectivity index (χ2n) is 3.85. The zero-order valence-corrected chi connectivity index (χ0v) is 12.4. The van der Waals surface area contributed by atoms with Crippen LogP contribution in [0.25, 0.3) is 0 Å². The molecule has 0 saturated heterocycles. The zero-order chi connectivity index (χ0) is 15.5. The maximum absolute atomic E-state index is 12.1. The van der Waals surface area contributed by atoms with Gasteiger partial charge in [-0.05, 0) is 24.3 Å². The van der Waals surface area contributed by atoms with Crippen molar-refractivity contribution in [2.45, 2.75) is 4.90 Å². The van der Waals surface area contributed by atoms with Crippen molar-refractivity contribution in [2.24, 2.45) is 0 Å². The average Bonchev–Trinajstić information content (AvgIpc) is 2.46. The van der Waals surface area contributed by atoms with E-state index in [1.807, 2.05) is 0 Å². The van der Waals surface area contributed by atoms with Crippen molar-refractivity contribution in [1.29, 1.82) is 0 Å². The SMILES string of the molecule is COC(=O)c1ccc(S(=O)(=O)Nc2cc(Cl)ncn2)cc1. The monoisotopic (exact) mass is 327 g/mol. The van der Waals surface area contributed by atoms with Gasteiger partial charge in [-0.3, -0.25) is 4.72 Å². The molecule has 2 aromatic rings. The maximum atomic E-state index is 12.1. The third-order valence-corrected chi connectivity index (χ3v) is 4.04. The molecule has 0 unspecified atom stereocenters. The molecule has 0 aliphatic heterocycles. The maximum Gasteiger partial charge on any atom is 0.337 e. The smallest absolute Gasteiger partial charge is 0.337 e. The minimum absolute atomic E-state index is 0.0233. The van der Waals surface area contributed by atoms with E-state index in [0.717, 1.165) is 6.33 Å². The number of hydrogen-bond donors (Lipinski definition) is 1. The Morgan fingerprint density at radius 3 is 2.48 bits per heavy atom. The van der Waals surface area contributed by atoms with Gasteiger partial charge in [-0.2, -0.15) is 0 Å². The van der Waals surface area contributed by atoms with Crippen LogP contribution in [0.2, 0.25) is 5.15 Å². The Morgan fingerprint density at radius 2 is 1.90 bits per heavy atom. The van der Waals surface area contributed by atoms with Gasteiger partial charge in [0.1, 0.15) is 17.3 Å². The van der Waals surface area contributed by atoms with Crippen LogP contribution in [0.5, 0.6) is 0 Å². The van der Waals surface area contributed by atoms with Gasteiger partial charge < -0.3 is 4.74 Å². The van der Waals surface area contributed by atoms with Crippen molar-refractivity contribution in [2.75, 3.05) is 11.8 Å². The molecule has 0 fully saturated rings. The summed E-state index contributed by atoms with van der Waals surface area (Å²) in [4.78, 5) is 18.7. The lowest BCUT2D eigenvalue weighted by Gasteiger charge is -2.07. The summed E-state index contributed by atoms with van der Waals surface area (Å²) in [5, 5.41) is 0.115. The van der Waals surface area contributed by atoms with Gasteiger partial charge in [-0.25, -0.2) is 23.2 Å². The number of carbonyl (C=O) groups excluding carboxylic acids is 1. The first-order chi connectivity index (χ1) is 9.92. The van der Waals surface area contributed by atoms with Gasteiger partial charge >= 0.3 is 5.97 Å². The van der Waals surface area contributed by atoms with E-state index in [9.17, 15) is 13.2 Å².